The Labute approximate surface area is 182 Å². The average Bonchev–Trinajstić information content (AvgIpc) is 3.12. The van der Waals surface area contributed by atoms with E-state index < -0.39 is 9.84 Å². The summed E-state index contributed by atoms with van der Waals surface area (Å²) >= 11 is 2.78. The number of nitrogens with one attached hydrogen (secondary N) is 1. The number of hydrogen-bond acceptors (Lipinski definition) is 6. The molecule has 2 aromatic rings. The van der Waals surface area contributed by atoms with Crippen LogP contribution in [0.3, 0.4) is 0 Å². The Bertz CT molecular complexity index is 1050. The topological polar surface area (TPSA) is 65.5 Å². The lowest BCUT2D eigenvalue weighted by Crippen LogP contribution is -2.30. The molecule has 2 rings (SSSR count). The van der Waals surface area contributed by atoms with Gasteiger partial charge in [-0.25, -0.2) is 8.42 Å². The molecule has 0 fully saturated rings. The maximum Gasteiger partial charge on any atom is 0.202 e. The second kappa shape index (κ2) is 10.8. The van der Waals surface area contributed by atoms with Gasteiger partial charge in [-0.1, -0.05) is 36.5 Å². The van der Waals surface area contributed by atoms with Crippen molar-refractivity contribution in [1.82, 2.24) is 4.98 Å². The first kappa shape index (κ1) is 23.4. The molecule has 0 bridgehead atoms. The Balaban J connectivity index is 2.39. The highest BCUT2D eigenvalue weighted by molar-refractivity contribution is 8.20. The molecule has 0 saturated carbocycles. The number of nitrogens with zero attached hydrogens (tertiary/aromatic N) is 2. The van der Waals surface area contributed by atoms with Crippen molar-refractivity contribution < 1.29 is 8.42 Å². The zero-order valence-corrected chi connectivity index (χ0v) is 19.6. The molecule has 8 heteroatoms. The predicted molar refractivity (Wildman–Crippen MR) is 132 cm³/mol. The molecule has 0 saturated heterocycles. The number of thioether (sulfide) groups is 2. The van der Waals surface area contributed by atoms with Crippen LogP contribution in [-0.2, 0) is 9.84 Å². The summed E-state index contributed by atoms with van der Waals surface area (Å²) in [6.07, 6.45) is 7.22. The molecule has 0 amide bonds. The number of rotatable bonds is 10. The van der Waals surface area contributed by atoms with Crippen molar-refractivity contribution in [3.05, 3.63) is 63.4 Å². The zero-order chi connectivity index (χ0) is 21.4. The van der Waals surface area contributed by atoms with Crippen LogP contribution in [0.15, 0.2) is 62.7 Å². The number of hydrogen-bond donors (Lipinski definition) is 1. The Morgan fingerprint density at radius 1 is 1.38 bits per heavy atom. The van der Waals surface area contributed by atoms with Gasteiger partial charge in [0.25, 0.3) is 0 Å². The molecule has 1 N–H and O–H groups in total. The second-order valence-electron chi connectivity index (χ2n) is 6.18. The number of H-pyrrole nitrogens is 1. The summed E-state index contributed by atoms with van der Waals surface area (Å²) in [4.78, 5) is 10.7. The SMILES string of the molecule is C=CS/C(=C\C)S(=O)(=O)CN(CC)c1cccc2cc(C=N/C=C(/C)SC)[nH]c12. The lowest BCUT2D eigenvalue weighted by atomic mass is 10.2. The highest BCUT2D eigenvalue weighted by atomic mass is 32.3. The van der Waals surface area contributed by atoms with Gasteiger partial charge in [0.05, 0.1) is 23.1 Å². The maximum atomic E-state index is 12.9. The average molecular weight is 450 g/mol. The molecule has 0 aliphatic rings. The van der Waals surface area contributed by atoms with Crippen LogP contribution in [-0.4, -0.2) is 38.3 Å². The van der Waals surface area contributed by atoms with E-state index in [4.69, 9.17) is 0 Å². The largest absolute Gasteiger partial charge is 0.356 e. The molecule has 156 valence electrons. The van der Waals surface area contributed by atoms with Crippen molar-refractivity contribution >= 4 is 56.2 Å². The van der Waals surface area contributed by atoms with E-state index in [-0.39, 0.29) is 5.88 Å². The van der Waals surface area contributed by atoms with Gasteiger partial charge in [0.1, 0.15) is 10.1 Å². The third-order valence-electron chi connectivity index (χ3n) is 4.24. The standard InChI is InChI=1S/C21H27N3O2S3/c1-6-20(28-8-3)29(25,26)15-24(7-2)19-11-9-10-17-12-18(23-21(17)19)14-22-13-16(4)27-5/h6,8-14,23H,3,7,15H2,1-2,4-5H3/b16-13-,20-6+,22-14?. The minimum Gasteiger partial charge on any atom is -0.356 e. The quantitative estimate of drug-likeness (QED) is 0.468. The summed E-state index contributed by atoms with van der Waals surface area (Å²) in [7, 11) is -3.45. The minimum absolute atomic E-state index is 0.0960. The first-order valence-electron chi connectivity index (χ1n) is 9.13. The van der Waals surface area contributed by atoms with Crippen molar-refractivity contribution in [2.24, 2.45) is 4.99 Å². The second-order valence-corrected chi connectivity index (χ2v) is 10.4. The smallest absolute Gasteiger partial charge is 0.202 e. The van der Waals surface area contributed by atoms with E-state index in [1.165, 1.54) is 5.41 Å². The minimum atomic E-state index is -3.45. The molecule has 29 heavy (non-hydrogen) atoms. The molecule has 1 aromatic heterocycles. The highest BCUT2D eigenvalue weighted by Crippen LogP contribution is 2.30. The molecule has 0 aliphatic heterocycles. The van der Waals surface area contributed by atoms with Gasteiger partial charge in [-0.05, 0) is 49.5 Å². The van der Waals surface area contributed by atoms with E-state index in [1.54, 1.807) is 31.0 Å². The molecular weight excluding hydrogens is 422 g/mol. The Hall–Kier alpha value is -1.90. The van der Waals surface area contributed by atoms with Crippen molar-refractivity contribution in [2.75, 3.05) is 23.6 Å². The summed E-state index contributed by atoms with van der Waals surface area (Å²) in [5.41, 5.74) is 2.62. The van der Waals surface area contributed by atoms with Crippen molar-refractivity contribution in [2.45, 2.75) is 20.8 Å². The predicted octanol–water partition coefficient (Wildman–Crippen LogP) is 5.75. The number of allylic oxidation sites excluding steroid dienone is 2. The third kappa shape index (κ3) is 6.04. The fourth-order valence-corrected chi connectivity index (χ4v) is 5.41. The van der Waals surface area contributed by atoms with E-state index in [0.717, 1.165) is 39.0 Å². The van der Waals surface area contributed by atoms with Crippen LogP contribution >= 0.6 is 23.5 Å². The summed E-state index contributed by atoms with van der Waals surface area (Å²) in [6.45, 7) is 9.87. The van der Waals surface area contributed by atoms with Crippen LogP contribution in [0.5, 0.6) is 0 Å². The van der Waals surface area contributed by atoms with E-state index in [2.05, 4.69) is 16.6 Å². The molecular formula is C21H27N3O2S3. The van der Waals surface area contributed by atoms with E-state index >= 15 is 0 Å². The van der Waals surface area contributed by atoms with Gasteiger partial charge in [-0.3, -0.25) is 4.99 Å². The number of fused-ring (bicyclic) bond motifs is 1. The van der Waals surface area contributed by atoms with Crippen LogP contribution in [0.2, 0.25) is 0 Å². The Morgan fingerprint density at radius 3 is 2.76 bits per heavy atom. The summed E-state index contributed by atoms with van der Waals surface area (Å²) < 4.78 is 26.0. The molecule has 1 heterocycles. The van der Waals surface area contributed by atoms with Gasteiger partial charge in [0, 0.05) is 18.1 Å². The molecule has 0 radical (unpaired) electrons. The maximum absolute atomic E-state index is 12.9. The van der Waals surface area contributed by atoms with Crippen LogP contribution in [0, 0.1) is 0 Å². The number of para-hydroxylation sites is 1. The lowest BCUT2D eigenvalue weighted by Gasteiger charge is -2.24. The van der Waals surface area contributed by atoms with Gasteiger partial charge in [-0.15, -0.1) is 11.8 Å². The van der Waals surface area contributed by atoms with Gasteiger partial charge < -0.3 is 9.88 Å². The third-order valence-corrected chi connectivity index (χ3v) is 8.17. The fourth-order valence-electron chi connectivity index (χ4n) is 2.77. The van der Waals surface area contributed by atoms with Gasteiger partial charge in [-0.2, -0.15) is 0 Å². The van der Waals surface area contributed by atoms with Gasteiger partial charge in [0.15, 0.2) is 0 Å². The lowest BCUT2D eigenvalue weighted by molar-refractivity contribution is 0.601. The highest BCUT2D eigenvalue weighted by Gasteiger charge is 2.22. The number of aromatic amines is 1. The van der Waals surface area contributed by atoms with Crippen molar-refractivity contribution in [3.8, 4) is 0 Å². The Morgan fingerprint density at radius 2 is 2.14 bits per heavy atom. The number of aliphatic imine (C=N–C) groups is 1. The molecule has 5 nitrogen and oxygen atoms in total. The van der Waals surface area contributed by atoms with Crippen LogP contribution < -0.4 is 4.90 Å². The van der Waals surface area contributed by atoms with Gasteiger partial charge in [0.2, 0.25) is 9.84 Å². The molecule has 0 unspecified atom stereocenters. The summed E-state index contributed by atoms with van der Waals surface area (Å²) in [5.74, 6) is -0.0960. The fraction of sp³-hybridized carbons (Fsp3) is 0.286. The van der Waals surface area contributed by atoms with E-state index in [0.29, 0.717) is 10.8 Å². The molecule has 0 aliphatic carbocycles. The molecule has 0 atom stereocenters. The van der Waals surface area contributed by atoms with Crippen molar-refractivity contribution in [1.29, 1.82) is 0 Å². The van der Waals surface area contributed by atoms with Crippen LogP contribution in [0.1, 0.15) is 26.5 Å². The monoisotopic (exact) mass is 449 g/mol. The first-order valence-corrected chi connectivity index (χ1v) is 12.9. The van der Waals surface area contributed by atoms with Gasteiger partial charge >= 0.3 is 0 Å². The Kier molecular flexibility index (Phi) is 8.67. The summed E-state index contributed by atoms with van der Waals surface area (Å²) in [5, 5.41) is 2.55. The van der Waals surface area contributed by atoms with E-state index in [9.17, 15) is 8.42 Å². The van der Waals surface area contributed by atoms with Crippen LogP contribution in [0.25, 0.3) is 10.9 Å². The van der Waals surface area contributed by atoms with Crippen LogP contribution in [0.4, 0.5) is 5.69 Å². The van der Waals surface area contributed by atoms with Crippen molar-refractivity contribution in [3.63, 3.8) is 0 Å². The number of aromatic nitrogens is 1. The number of benzene rings is 1. The normalized spacial score (nSPS) is 13.4. The first-order chi connectivity index (χ1) is 13.9. The number of sulfone groups is 1. The number of anilines is 1. The van der Waals surface area contributed by atoms with E-state index in [1.807, 2.05) is 55.5 Å². The molecule has 1 aromatic carbocycles. The summed E-state index contributed by atoms with van der Waals surface area (Å²) in [6, 6.07) is 7.89. The zero-order valence-electron chi connectivity index (χ0n) is 17.2. The molecule has 0 spiro atoms.